The Morgan fingerprint density at radius 1 is 1.46 bits per heavy atom. The second-order valence-corrected chi connectivity index (χ2v) is 2.59. The Morgan fingerprint density at radius 3 is 2.77 bits per heavy atom. The van der Waals surface area contributed by atoms with E-state index in [1.54, 1.807) is 0 Å². The number of hydrogen-bond donors (Lipinski definition) is 0. The Labute approximate surface area is 107 Å². The smallest absolute Gasteiger partial charge is 1.00 e. The van der Waals surface area contributed by atoms with Crippen LogP contribution in [0.5, 0.6) is 0 Å². The molecule has 0 spiro atoms. The molecule has 2 nitrogen and oxygen atoms in total. The second-order valence-electron chi connectivity index (χ2n) is 2.59. The van der Waals surface area contributed by atoms with Crippen molar-refractivity contribution in [3.05, 3.63) is 6.42 Å². The molecule has 1 aliphatic rings. The van der Waals surface area contributed by atoms with Gasteiger partial charge in [0.25, 0.3) is 0 Å². The molecule has 0 aliphatic carbocycles. The molecule has 1 rings (SSSR count). The van der Waals surface area contributed by atoms with Crippen molar-refractivity contribution in [2.45, 2.75) is 32.0 Å². The molecule has 1 unspecified atom stereocenters. The average Bonchev–Trinajstić information content (AvgIpc) is 2.07. The van der Waals surface area contributed by atoms with E-state index in [0.717, 1.165) is 19.4 Å². The van der Waals surface area contributed by atoms with E-state index < -0.39 is 0 Å². The Kier molecular flexibility index (Phi) is 13.4. The van der Waals surface area contributed by atoms with Crippen LogP contribution in [-0.2, 0) is 9.47 Å². The molecule has 0 N–H and O–H groups in total. The Balaban J connectivity index is 0. The van der Waals surface area contributed by atoms with Gasteiger partial charge < -0.3 is 38.8 Å². The summed E-state index contributed by atoms with van der Waals surface area (Å²) < 4.78 is 10.6. The normalized spacial score (nSPS) is 20.7. The van der Waals surface area contributed by atoms with Gasteiger partial charge in [0.1, 0.15) is 0 Å². The van der Waals surface area contributed by atoms with Crippen molar-refractivity contribution in [1.29, 1.82) is 0 Å². The van der Waals surface area contributed by atoms with Gasteiger partial charge in [0.15, 0.2) is 6.29 Å². The summed E-state index contributed by atoms with van der Waals surface area (Å²) in [5, 5.41) is 0. The molecule has 1 aliphatic heterocycles. The number of halogens is 1. The monoisotopic (exact) mass is 256 g/mol. The number of hydrogen-bond acceptors (Lipinski definition) is 2. The van der Waals surface area contributed by atoms with Gasteiger partial charge in [-0.15, -0.1) is 0 Å². The fraction of sp³-hybridized carbons (Fsp3) is 0.778. The Bertz CT molecular complexity index is 141. The first-order valence-electron chi connectivity index (χ1n) is 4.06. The predicted octanol–water partition coefficient (Wildman–Crippen LogP) is -1.87. The van der Waals surface area contributed by atoms with Gasteiger partial charge in [-0.05, 0) is 25.7 Å². The average molecular weight is 257 g/mol. The fourth-order valence-corrected chi connectivity index (χ4v) is 1.08. The van der Waals surface area contributed by atoms with Crippen molar-refractivity contribution in [2.75, 3.05) is 13.2 Å². The van der Waals surface area contributed by atoms with Crippen molar-refractivity contribution in [3.63, 3.8) is 0 Å². The first-order chi connectivity index (χ1) is 5.43. The zero-order valence-electron chi connectivity index (χ0n) is 7.72. The van der Waals surface area contributed by atoms with Crippen LogP contribution in [0.25, 0.3) is 0 Å². The molecule has 0 amide bonds. The first kappa shape index (κ1) is 16.2. The minimum Gasteiger partial charge on any atom is -1.00 e. The summed E-state index contributed by atoms with van der Waals surface area (Å²) in [6.07, 6.45) is 10.5. The molecular weight excluding hydrogens is 244 g/mol. The minimum absolute atomic E-state index is 0. The van der Waals surface area contributed by atoms with E-state index in [1.165, 1.54) is 6.42 Å². The zero-order valence-corrected chi connectivity index (χ0v) is 10.7. The maximum Gasteiger partial charge on any atom is 2.00 e. The summed E-state index contributed by atoms with van der Waals surface area (Å²) in [6.45, 7) is 1.38. The van der Waals surface area contributed by atoms with E-state index in [9.17, 15) is 0 Å². The third-order valence-corrected chi connectivity index (χ3v) is 1.67. The molecule has 0 radical (unpaired) electrons. The second kappa shape index (κ2) is 10.8. The molecule has 13 heavy (non-hydrogen) atoms. The molecule has 70 valence electrons. The van der Waals surface area contributed by atoms with Crippen molar-refractivity contribution in [3.8, 4) is 5.92 Å². The molecule has 0 saturated carbocycles. The fourth-order valence-electron chi connectivity index (χ4n) is 1.08. The molecule has 1 heterocycles. The van der Waals surface area contributed by atoms with E-state index >= 15 is 0 Å². The minimum atomic E-state index is -0.0166. The van der Waals surface area contributed by atoms with E-state index in [2.05, 4.69) is 5.92 Å². The quantitative estimate of drug-likeness (QED) is 0.255. The van der Waals surface area contributed by atoms with Crippen LogP contribution in [0.4, 0.5) is 0 Å². The third-order valence-electron chi connectivity index (χ3n) is 1.67. The van der Waals surface area contributed by atoms with Crippen molar-refractivity contribution >= 4 is 23.1 Å². The van der Waals surface area contributed by atoms with Crippen LogP contribution in [0.1, 0.15) is 25.7 Å². The topological polar surface area (TPSA) is 18.5 Å². The molecule has 4 heteroatoms. The summed E-state index contributed by atoms with van der Waals surface area (Å²) in [5.41, 5.74) is 0. The van der Waals surface area contributed by atoms with Gasteiger partial charge in [-0.2, -0.15) is 0 Å². The van der Waals surface area contributed by atoms with Crippen LogP contribution in [-0.4, -0.2) is 42.6 Å². The van der Waals surface area contributed by atoms with Gasteiger partial charge in [-0.25, -0.2) is 0 Å². The van der Waals surface area contributed by atoms with Crippen LogP contribution < -0.4 is 17.0 Å². The van der Waals surface area contributed by atoms with Gasteiger partial charge in [0.05, 0.1) is 6.61 Å². The summed E-state index contributed by atoms with van der Waals surface area (Å²) in [4.78, 5) is 0. The molecule has 0 bridgehead atoms. The molecule has 1 saturated heterocycles. The zero-order chi connectivity index (χ0) is 7.94. The molecular formula is C9H13BrMgO2. The molecule has 1 fully saturated rings. The van der Waals surface area contributed by atoms with Crippen LogP contribution in [0.15, 0.2) is 0 Å². The largest absolute Gasteiger partial charge is 2.00 e. The van der Waals surface area contributed by atoms with Crippen LogP contribution in [0.3, 0.4) is 0 Å². The van der Waals surface area contributed by atoms with Gasteiger partial charge in [0, 0.05) is 6.61 Å². The maximum absolute atomic E-state index is 6.65. The molecule has 0 aromatic rings. The van der Waals surface area contributed by atoms with Crippen molar-refractivity contribution < 1.29 is 26.5 Å². The van der Waals surface area contributed by atoms with E-state index in [4.69, 9.17) is 15.9 Å². The van der Waals surface area contributed by atoms with Gasteiger partial charge in [0.2, 0.25) is 0 Å². The maximum atomic E-state index is 6.65. The van der Waals surface area contributed by atoms with Gasteiger partial charge in [-0.1, -0.05) is 0 Å². The molecule has 1 atom stereocenters. The number of ether oxygens (including phenoxy) is 2. The summed E-state index contributed by atoms with van der Waals surface area (Å²) in [7, 11) is 0. The van der Waals surface area contributed by atoms with Gasteiger partial charge in [-0.3, -0.25) is 0 Å². The summed E-state index contributed by atoms with van der Waals surface area (Å²) in [5.74, 6) is 2.28. The Morgan fingerprint density at radius 2 is 2.23 bits per heavy atom. The summed E-state index contributed by atoms with van der Waals surface area (Å²) in [6, 6.07) is 0. The van der Waals surface area contributed by atoms with E-state index in [1.807, 2.05) is 0 Å². The standard InChI is InChI=1S/C9H13O2.BrH.Mg/c1-2-3-7-10-9-6-4-5-8-11-9;;/h9H,3-8H2;1H;/q-1;;+2/p-1. The Hall–Kier alpha value is 0.726. The van der Waals surface area contributed by atoms with E-state index in [0.29, 0.717) is 13.0 Å². The van der Waals surface area contributed by atoms with Crippen molar-refractivity contribution in [2.24, 2.45) is 0 Å². The number of rotatable bonds is 3. The van der Waals surface area contributed by atoms with Gasteiger partial charge >= 0.3 is 23.1 Å². The van der Waals surface area contributed by atoms with Crippen LogP contribution in [0.2, 0.25) is 0 Å². The first-order valence-corrected chi connectivity index (χ1v) is 4.06. The molecule has 0 aromatic heterocycles. The predicted molar refractivity (Wildman–Crippen MR) is 47.0 cm³/mol. The van der Waals surface area contributed by atoms with E-state index in [-0.39, 0.29) is 46.3 Å². The van der Waals surface area contributed by atoms with Crippen LogP contribution >= 0.6 is 0 Å². The van der Waals surface area contributed by atoms with Crippen molar-refractivity contribution in [1.82, 2.24) is 0 Å². The third kappa shape index (κ3) is 7.77. The summed E-state index contributed by atoms with van der Waals surface area (Å²) >= 11 is 0. The van der Waals surface area contributed by atoms with Crippen LogP contribution in [0, 0.1) is 12.3 Å². The molecule has 0 aromatic carbocycles. The SMILES string of the molecule is [Br-].[C-]#CCCOC1CCCCO1.[Mg+2].